The van der Waals surface area contributed by atoms with E-state index in [2.05, 4.69) is 0 Å². The van der Waals surface area contributed by atoms with Crippen LogP contribution in [0.2, 0.25) is 0 Å². The summed E-state index contributed by atoms with van der Waals surface area (Å²) < 4.78 is 29.8. The van der Waals surface area contributed by atoms with Gasteiger partial charge in [0.25, 0.3) is 0 Å². The summed E-state index contributed by atoms with van der Waals surface area (Å²) in [5.41, 5.74) is -3.64. The molecule has 11 nitrogen and oxygen atoms in total. The Labute approximate surface area is 274 Å². The van der Waals surface area contributed by atoms with Crippen LogP contribution < -0.4 is 0 Å². The maximum atomic E-state index is 13.2. The van der Waals surface area contributed by atoms with E-state index in [9.17, 15) is 29.1 Å². The lowest BCUT2D eigenvalue weighted by Crippen LogP contribution is -2.67. The van der Waals surface area contributed by atoms with Gasteiger partial charge in [0.2, 0.25) is 0 Å². The third-order valence-electron chi connectivity index (χ3n) is 10.7. The second-order valence-electron chi connectivity index (χ2n) is 14.1. The van der Waals surface area contributed by atoms with Gasteiger partial charge in [-0.2, -0.15) is 0 Å². The normalized spacial score (nSPS) is 36.1. The molecule has 4 aliphatic carbocycles. The first-order valence-electron chi connectivity index (χ1n) is 15.9. The Morgan fingerprint density at radius 2 is 1.49 bits per heavy atom. The van der Waals surface area contributed by atoms with Gasteiger partial charge in [0, 0.05) is 57.3 Å². The molecule has 0 aliphatic heterocycles. The van der Waals surface area contributed by atoms with Gasteiger partial charge in [-0.25, -0.2) is 0 Å². The summed E-state index contributed by atoms with van der Waals surface area (Å²) in [4.78, 5) is 63.5. The van der Waals surface area contributed by atoms with E-state index in [-0.39, 0.29) is 19.4 Å². The molecule has 2 fully saturated rings. The fraction of sp³-hybridized carbons (Fsp3) is 0.583. The van der Waals surface area contributed by atoms with E-state index in [4.69, 9.17) is 23.7 Å². The quantitative estimate of drug-likeness (QED) is 0.248. The Bertz CT molecular complexity index is 1540. The largest absolute Gasteiger partial charge is 0.461 e. The summed E-state index contributed by atoms with van der Waals surface area (Å²) in [6.45, 7) is 12.1. The van der Waals surface area contributed by atoms with Crippen molar-refractivity contribution in [2.24, 2.45) is 29.1 Å². The zero-order valence-corrected chi connectivity index (χ0v) is 28.2. The Kier molecular flexibility index (Phi) is 8.71. The second-order valence-corrected chi connectivity index (χ2v) is 14.1. The average Bonchev–Trinajstić information content (AvgIpc) is 3.36. The fourth-order valence-corrected chi connectivity index (χ4v) is 9.12. The van der Waals surface area contributed by atoms with Crippen LogP contribution in [0.3, 0.4) is 0 Å². The Hall–Kier alpha value is -3.99. The molecule has 1 aromatic carbocycles. The highest BCUT2D eigenvalue weighted by Gasteiger charge is 2.88. The minimum absolute atomic E-state index is 0.0300. The summed E-state index contributed by atoms with van der Waals surface area (Å²) in [6, 6.07) is 9.13. The molecule has 0 aromatic heterocycles. The number of ether oxygens (including phenoxy) is 5. The zero-order chi connectivity index (χ0) is 34.7. The number of aliphatic hydroxyl groups is 1. The molecule has 1 N–H and O–H groups in total. The molecule has 2 unspecified atom stereocenters. The smallest absolute Gasteiger partial charge is 0.310 e. The zero-order valence-electron chi connectivity index (χ0n) is 28.2. The van der Waals surface area contributed by atoms with Gasteiger partial charge in [-0.05, 0) is 23.6 Å². The van der Waals surface area contributed by atoms with Gasteiger partial charge in [0.15, 0.2) is 17.3 Å². The first kappa shape index (κ1) is 34.3. The summed E-state index contributed by atoms with van der Waals surface area (Å²) in [5.74, 6) is -6.13. The molecule has 2 saturated carbocycles. The van der Waals surface area contributed by atoms with E-state index in [1.54, 1.807) is 19.9 Å². The van der Waals surface area contributed by atoms with E-state index in [1.807, 2.05) is 50.3 Å². The van der Waals surface area contributed by atoms with Crippen molar-refractivity contribution in [3.05, 3.63) is 59.2 Å². The molecule has 254 valence electrons. The van der Waals surface area contributed by atoms with Gasteiger partial charge in [-0.3, -0.25) is 24.0 Å². The molecule has 0 spiro atoms. The van der Waals surface area contributed by atoms with Crippen molar-refractivity contribution in [3.8, 4) is 0 Å². The predicted molar refractivity (Wildman–Crippen MR) is 166 cm³/mol. The first-order chi connectivity index (χ1) is 21.9. The molecule has 0 heterocycles. The number of hydrogen-bond acceptors (Lipinski definition) is 11. The average molecular weight is 653 g/mol. The van der Waals surface area contributed by atoms with Gasteiger partial charge in [-0.1, -0.05) is 63.3 Å². The molecular weight excluding hydrogens is 608 g/mol. The Morgan fingerprint density at radius 3 is 2.06 bits per heavy atom. The van der Waals surface area contributed by atoms with Gasteiger partial charge < -0.3 is 28.8 Å². The van der Waals surface area contributed by atoms with E-state index >= 15 is 0 Å². The van der Waals surface area contributed by atoms with Crippen LogP contribution >= 0.6 is 0 Å². The number of rotatable bonds is 8. The van der Waals surface area contributed by atoms with Crippen molar-refractivity contribution < 1.29 is 52.8 Å². The van der Waals surface area contributed by atoms with E-state index in [0.717, 1.165) is 5.56 Å². The molecule has 5 rings (SSSR count). The summed E-state index contributed by atoms with van der Waals surface area (Å²) in [6.07, 6.45) is 1.43. The van der Waals surface area contributed by atoms with Gasteiger partial charge in [0.1, 0.15) is 12.7 Å². The monoisotopic (exact) mass is 652 g/mol. The minimum Gasteiger partial charge on any atom is -0.461 e. The van der Waals surface area contributed by atoms with Gasteiger partial charge >= 0.3 is 29.8 Å². The SMILES string of the molecule is CC(=O)OC1C(C)=C[C@@H]2[C@]3(O)C(C=C(COC(=O)Cc4ccccc4)C[C@]12OC(C)=O)[C@@H]1C(C)(C)[C@]1(OC(C)=O)[C@H](OC(C)=O)[C@H]3C. The van der Waals surface area contributed by atoms with Crippen LogP contribution in [0.4, 0.5) is 0 Å². The predicted octanol–water partition coefficient (Wildman–Crippen LogP) is 3.80. The second kappa shape index (κ2) is 11.9. The number of benzene rings is 1. The summed E-state index contributed by atoms with van der Waals surface area (Å²) >= 11 is 0. The van der Waals surface area contributed by atoms with Crippen molar-refractivity contribution in [1.82, 2.24) is 0 Å². The first-order valence-corrected chi connectivity index (χ1v) is 15.9. The van der Waals surface area contributed by atoms with Crippen LogP contribution in [0.5, 0.6) is 0 Å². The molecule has 0 amide bonds. The molecule has 0 radical (unpaired) electrons. The van der Waals surface area contributed by atoms with Crippen molar-refractivity contribution in [2.75, 3.05) is 6.61 Å². The van der Waals surface area contributed by atoms with E-state index < -0.39 is 87.9 Å². The Balaban J connectivity index is 1.68. The number of fused-ring (bicyclic) bond motifs is 5. The molecule has 9 atom stereocenters. The highest BCUT2D eigenvalue weighted by Crippen LogP contribution is 2.77. The van der Waals surface area contributed by atoms with E-state index in [0.29, 0.717) is 11.1 Å². The van der Waals surface area contributed by atoms with Gasteiger partial charge in [-0.15, -0.1) is 0 Å². The van der Waals surface area contributed by atoms with Crippen LogP contribution in [0.25, 0.3) is 0 Å². The number of hydrogen-bond donors (Lipinski definition) is 1. The van der Waals surface area contributed by atoms with Crippen molar-refractivity contribution in [3.63, 3.8) is 0 Å². The number of carbonyl (C=O) groups is 5. The van der Waals surface area contributed by atoms with Crippen LogP contribution in [0.15, 0.2) is 53.6 Å². The molecule has 1 aromatic rings. The third kappa shape index (κ3) is 5.46. The molecule has 11 heteroatoms. The topological polar surface area (TPSA) is 152 Å². The van der Waals surface area contributed by atoms with Gasteiger partial charge in [0.05, 0.1) is 17.9 Å². The van der Waals surface area contributed by atoms with E-state index in [1.165, 1.54) is 27.7 Å². The van der Waals surface area contributed by atoms with Crippen molar-refractivity contribution >= 4 is 29.8 Å². The number of carbonyl (C=O) groups excluding carboxylic acids is 5. The van der Waals surface area contributed by atoms with Crippen LogP contribution in [0.1, 0.15) is 67.4 Å². The molecular formula is C36H44O11. The molecule has 0 bridgehead atoms. The maximum absolute atomic E-state index is 13.2. The third-order valence-corrected chi connectivity index (χ3v) is 10.7. The molecule has 0 saturated heterocycles. The summed E-state index contributed by atoms with van der Waals surface area (Å²) in [7, 11) is 0. The summed E-state index contributed by atoms with van der Waals surface area (Å²) in [5, 5.41) is 13.2. The van der Waals surface area contributed by atoms with Crippen LogP contribution in [-0.2, 0) is 54.1 Å². The van der Waals surface area contributed by atoms with Crippen molar-refractivity contribution in [2.45, 2.75) is 97.2 Å². The lowest BCUT2D eigenvalue weighted by molar-refractivity contribution is -0.240. The highest BCUT2D eigenvalue weighted by atomic mass is 16.6. The molecule has 4 aliphatic rings. The van der Waals surface area contributed by atoms with Crippen LogP contribution in [-0.4, -0.2) is 70.6 Å². The minimum atomic E-state index is -1.79. The Morgan fingerprint density at radius 1 is 0.872 bits per heavy atom. The maximum Gasteiger partial charge on any atom is 0.310 e. The number of esters is 5. The highest BCUT2D eigenvalue weighted by molar-refractivity contribution is 5.73. The lowest BCUT2D eigenvalue weighted by Gasteiger charge is -2.54. The van der Waals surface area contributed by atoms with Crippen LogP contribution in [0, 0.1) is 29.1 Å². The fourth-order valence-electron chi connectivity index (χ4n) is 9.12. The molecule has 47 heavy (non-hydrogen) atoms. The van der Waals surface area contributed by atoms with Crippen molar-refractivity contribution in [1.29, 1.82) is 0 Å². The standard InChI is InChI=1S/C36H44O11/c1-19-14-28-34(46-23(5)39,31(19)44-21(3)37)17-26(18-43-29(41)16-25-12-10-9-11-13-25)15-27-30-33(7,8)36(30,47-24(6)40)32(45-22(4)38)20(2)35(27,28)42/h9-15,20,27-28,30-32,42H,16-18H2,1-8H3/t20-,27?,28+,30-,31?,32-,34-,35-,36-/m1/s1. The lowest BCUT2D eigenvalue weighted by atomic mass is 9.58.